The van der Waals surface area contributed by atoms with Crippen LogP contribution in [0.5, 0.6) is 11.5 Å². The van der Waals surface area contributed by atoms with E-state index in [9.17, 15) is 9.59 Å². The Morgan fingerprint density at radius 1 is 1.18 bits per heavy atom. The molecule has 6 nitrogen and oxygen atoms in total. The van der Waals surface area contributed by atoms with Gasteiger partial charge in [-0.3, -0.25) is 4.79 Å². The number of anilines is 1. The summed E-state index contributed by atoms with van der Waals surface area (Å²) in [5, 5.41) is 3.44. The lowest BCUT2D eigenvalue weighted by Gasteiger charge is -2.19. The van der Waals surface area contributed by atoms with Gasteiger partial charge >= 0.3 is 5.97 Å². The Hall–Kier alpha value is -2.54. The predicted molar refractivity (Wildman–Crippen MR) is 109 cm³/mol. The number of benzene rings is 1. The molecule has 1 aromatic carbocycles. The maximum atomic E-state index is 13.1. The molecule has 1 unspecified atom stereocenters. The molecule has 0 aliphatic heterocycles. The van der Waals surface area contributed by atoms with Gasteiger partial charge in [0.05, 0.1) is 26.4 Å². The number of hydrogen-bond donors (Lipinski definition) is 1. The van der Waals surface area contributed by atoms with Crippen molar-refractivity contribution in [3.63, 3.8) is 0 Å². The number of ether oxygens (including phenoxy) is 3. The Morgan fingerprint density at radius 2 is 1.86 bits per heavy atom. The Morgan fingerprint density at radius 3 is 2.46 bits per heavy atom. The first-order chi connectivity index (χ1) is 13.5. The molecule has 1 heterocycles. The number of hydrogen-bond acceptors (Lipinski definition) is 6. The van der Waals surface area contributed by atoms with Crippen molar-refractivity contribution in [2.75, 3.05) is 26.1 Å². The van der Waals surface area contributed by atoms with Gasteiger partial charge < -0.3 is 19.5 Å². The molecule has 3 rings (SSSR count). The van der Waals surface area contributed by atoms with Gasteiger partial charge in [0.25, 0.3) is 5.91 Å². The van der Waals surface area contributed by atoms with E-state index in [1.54, 1.807) is 25.1 Å². The normalized spacial score (nSPS) is 15.5. The molecular weight excluding hydrogens is 378 g/mol. The number of thiophene rings is 1. The zero-order valence-corrected chi connectivity index (χ0v) is 17.4. The van der Waals surface area contributed by atoms with E-state index in [1.165, 1.54) is 25.6 Å². The summed E-state index contributed by atoms with van der Waals surface area (Å²) in [6, 6.07) is 5.15. The van der Waals surface area contributed by atoms with Gasteiger partial charge in [0, 0.05) is 4.88 Å². The second-order valence-electron chi connectivity index (χ2n) is 6.65. The molecule has 2 aromatic rings. The average Bonchev–Trinajstić information content (AvgIpc) is 3.06. The van der Waals surface area contributed by atoms with Gasteiger partial charge in [0.15, 0.2) is 0 Å². The largest absolute Gasteiger partial charge is 0.496 e. The lowest BCUT2D eigenvalue weighted by molar-refractivity contribution is 0.0526. The smallest absolute Gasteiger partial charge is 0.341 e. The van der Waals surface area contributed by atoms with Gasteiger partial charge in [-0.2, -0.15) is 0 Å². The molecule has 28 heavy (non-hydrogen) atoms. The average molecular weight is 404 g/mol. The molecule has 1 aromatic heterocycles. The maximum absolute atomic E-state index is 13.1. The van der Waals surface area contributed by atoms with Crippen molar-refractivity contribution < 1.29 is 23.8 Å². The Bertz CT molecular complexity index is 867. The van der Waals surface area contributed by atoms with Gasteiger partial charge in [0.2, 0.25) is 0 Å². The minimum atomic E-state index is -0.393. The first kappa shape index (κ1) is 20.2. The molecule has 0 radical (unpaired) electrons. The summed E-state index contributed by atoms with van der Waals surface area (Å²) in [7, 11) is 3.00. The summed E-state index contributed by atoms with van der Waals surface area (Å²) in [5.74, 6) is 0.293. The lowest BCUT2D eigenvalue weighted by atomic mass is 9.86. The van der Waals surface area contributed by atoms with Gasteiger partial charge in [0.1, 0.15) is 22.1 Å². The molecule has 1 aliphatic rings. The van der Waals surface area contributed by atoms with E-state index in [-0.39, 0.29) is 18.4 Å². The molecule has 1 aliphatic carbocycles. The fraction of sp³-hybridized carbons (Fsp3) is 0.429. The van der Waals surface area contributed by atoms with E-state index in [1.807, 2.05) is 0 Å². The number of esters is 1. The highest BCUT2D eigenvalue weighted by atomic mass is 32.1. The van der Waals surface area contributed by atoms with E-state index in [4.69, 9.17) is 14.2 Å². The molecule has 0 saturated carbocycles. The monoisotopic (exact) mass is 403 g/mol. The third kappa shape index (κ3) is 3.71. The van der Waals surface area contributed by atoms with Crippen LogP contribution < -0.4 is 14.8 Å². The molecule has 0 saturated heterocycles. The van der Waals surface area contributed by atoms with Crippen molar-refractivity contribution in [3.8, 4) is 11.5 Å². The summed E-state index contributed by atoms with van der Waals surface area (Å²) in [5.41, 5.74) is 1.79. The van der Waals surface area contributed by atoms with Crippen molar-refractivity contribution in [1.29, 1.82) is 0 Å². The van der Waals surface area contributed by atoms with E-state index in [2.05, 4.69) is 12.2 Å². The predicted octanol–water partition coefficient (Wildman–Crippen LogP) is 4.63. The minimum absolute atomic E-state index is 0.255. The number of carbonyl (C=O) groups is 2. The van der Waals surface area contributed by atoms with Crippen LogP contribution in [0.3, 0.4) is 0 Å². The molecular formula is C21H25NO5S. The number of methoxy groups -OCH3 is 2. The second kappa shape index (κ2) is 8.65. The number of amides is 1. The van der Waals surface area contributed by atoms with Gasteiger partial charge in [-0.15, -0.1) is 11.3 Å². The summed E-state index contributed by atoms with van der Waals surface area (Å²) >= 11 is 1.46. The van der Waals surface area contributed by atoms with Crippen molar-refractivity contribution in [2.45, 2.75) is 39.0 Å². The zero-order chi connectivity index (χ0) is 20.3. The lowest BCUT2D eigenvalue weighted by Crippen LogP contribution is -2.17. The molecule has 0 spiro atoms. The Balaban J connectivity index is 2.03. The molecule has 0 bridgehead atoms. The Kier molecular flexibility index (Phi) is 6.24. The van der Waals surface area contributed by atoms with Gasteiger partial charge in [-0.25, -0.2) is 4.79 Å². The van der Waals surface area contributed by atoms with Crippen molar-refractivity contribution >= 4 is 28.2 Å². The highest BCUT2D eigenvalue weighted by molar-refractivity contribution is 7.17. The first-order valence-electron chi connectivity index (χ1n) is 9.36. The first-order valence-corrected chi connectivity index (χ1v) is 10.2. The van der Waals surface area contributed by atoms with Crippen LogP contribution in [0.15, 0.2) is 18.2 Å². The fourth-order valence-electron chi connectivity index (χ4n) is 3.65. The number of rotatable bonds is 6. The number of fused-ring (bicyclic) bond motifs is 1. The van der Waals surface area contributed by atoms with E-state index in [0.29, 0.717) is 27.6 Å². The molecule has 1 amide bonds. The maximum Gasteiger partial charge on any atom is 0.341 e. The number of nitrogens with one attached hydrogen (secondary N) is 1. The summed E-state index contributed by atoms with van der Waals surface area (Å²) in [6.07, 6.45) is 3.00. The van der Waals surface area contributed by atoms with Crippen molar-refractivity contribution in [2.24, 2.45) is 0 Å². The molecule has 150 valence electrons. The van der Waals surface area contributed by atoms with Crippen LogP contribution in [0.1, 0.15) is 63.8 Å². The van der Waals surface area contributed by atoms with E-state index in [0.717, 1.165) is 29.7 Å². The molecule has 1 N–H and O–H groups in total. The summed E-state index contributed by atoms with van der Waals surface area (Å²) in [6.45, 7) is 4.17. The highest BCUT2D eigenvalue weighted by Crippen LogP contribution is 2.44. The van der Waals surface area contributed by atoms with Crippen LogP contribution in [0.2, 0.25) is 0 Å². The number of aryl methyl sites for hydroxylation is 1. The topological polar surface area (TPSA) is 73.9 Å². The standard InChI is InChI=1S/C21H25NO5S/c1-5-27-21(24)18-16-12(2)8-6-11-15(16)28-20(18)22-19(23)17-13(25-3)9-7-10-14(17)26-4/h7,9-10,12H,5-6,8,11H2,1-4H3,(H,22,23). The summed E-state index contributed by atoms with van der Waals surface area (Å²) < 4.78 is 15.9. The minimum Gasteiger partial charge on any atom is -0.496 e. The quantitative estimate of drug-likeness (QED) is 0.712. The molecule has 1 atom stereocenters. The Labute approximate surface area is 168 Å². The van der Waals surface area contributed by atoms with Crippen LogP contribution in [0.4, 0.5) is 5.00 Å². The van der Waals surface area contributed by atoms with Crippen LogP contribution >= 0.6 is 11.3 Å². The zero-order valence-electron chi connectivity index (χ0n) is 16.6. The third-order valence-electron chi connectivity index (χ3n) is 4.92. The fourth-order valence-corrected chi connectivity index (χ4v) is 4.99. The van der Waals surface area contributed by atoms with Crippen molar-refractivity contribution in [3.05, 3.63) is 39.8 Å². The second-order valence-corrected chi connectivity index (χ2v) is 7.75. The van der Waals surface area contributed by atoms with E-state index >= 15 is 0 Å². The number of carbonyl (C=O) groups excluding carboxylic acids is 2. The van der Waals surface area contributed by atoms with E-state index < -0.39 is 5.97 Å². The van der Waals surface area contributed by atoms with Crippen LogP contribution in [0, 0.1) is 0 Å². The van der Waals surface area contributed by atoms with Crippen LogP contribution in [0.25, 0.3) is 0 Å². The van der Waals surface area contributed by atoms with Crippen LogP contribution in [-0.4, -0.2) is 32.7 Å². The van der Waals surface area contributed by atoms with Gasteiger partial charge in [-0.05, 0) is 49.8 Å². The third-order valence-corrected chi connectivity index (χ3v) is 6.10. The molecule has 0 fully saturated rings. The SMILES string of the molecule is CCOC(=O)c1c(NC(=O)c2c(OC)cccc2OC)sc2c1C(C)CCC2. The van der Waals surface area contributed by atoms with Crippen molar-refractivity contribution in [1.82, 2.24) is 0 Å². The molecule has 7 heteroatoms. The summed E-state index contributed by atoms with van der Waals surface area (Å²) in [4.78, 5) is 26.9. The highest BCUT2D eigenvalue weighted by Gasteiger charge is 2.31. The van der Waals surface area contributed by atoms with Gasteiger partial charge in [-0.1, -0.05) is 13.0 Å². The van der Waals surface area contributed by atoms with Crippen LogP contribution in [-0.2, 0) is 11.2 Å².